The van der Waals surface area contributed by atoms with Crippen LogP contribution in [-0.4, -0.2) is 6.10 Å². The predicted octanol–water partition coefficient (Wildman–Crippen LogP) is 1.86. The molecule has 12 heavy (non-hydrogen) atoms. The highest BCUT2D eigenvalue weighted by atomic mass is 16.5. The predicted molar refractivity (Wildman–Crippen MR) is 48.1 cm³/mol. The molecule has 64 valence electrons. The summed E-state index contributed by atoms with van der Waals surface area (Å²) in [4.78, 5) is 0. The fourth-order valence-corrected chi connectivity index (χ4v) is 1.64. The lowest BCUT2D eigenvalue weighted by Crippen LogP contribution is -2.26. The van der Waals surface area contributed by atoms with E-state index in [0.717, 1.165) is 17.7 Å². The van der Waals surface area contributed by atoms with Crippen LogP contribution in [0.1, 0.15) is 24.9 Å². The molecule has 0 spiro atoms. The highest BCUT2D eigenvalue weighted by Gasteiger charge is 2.21. The molecule has 1 aliphatic rings. The molecule has 0 aliphatic carbocycles. The van der Waals surface area contributed by atoms with E-state index in [-0.39, 0.29) is 12.1 Å². The van der Waals surface area contributed by atoms with Gasteiger partial charge < -0.3 is 10.5 Å². The summed E-state index contributed by atoms with van der Waals surface area (Å²) in [5, 5.41) is 0. The largest absolute Gasteiger partial charge is 0.490 e. The van der Waals surface area contributed by atoms with Gasteiger partial charge in [-0.2, -0.15) is 0 Å². The van der Waals surface area contributed by atoms with Crippen molar-refractivity contribution in [3.05, 3.63) is 29.8 Å². The van der Waals surface area contributed by atoms with Crippen LogP contribution < -0.4 is 10.5 Å². The lowest BCUT2D eigenvalue weighted by molar-refractivity contribution is 0.177. The third-order valence-electron chi connectivity index (χ3n) is 2.23. The number of para-hydroxylation sites is 1. The van der Waals surface area contributed by atoms with Gasteiger partial charge in [-0.1, -0.05) is 18.2 Å². The van der Waals surface area contributed by atoms with Gasteiger partial charge in [0.2, 0.25) is 0 Å². The summed E-state index contributed by atoms with van der Waals surface area (Å²) in [5.41, 5.74) is 7.09. The van der Waals surface area contributed by atoms with E-state index in [1.165, 1.54) is 0 Å². The minimum Gasteiger partial charge on any atom is -0.490 e. The van der Waals surface area contributed by atoms with Gasteiger partial charge in [-0.3, -0.25) is 0 Å². The van der Waals surface area contributed by atoms with Crippen molar-refractivity contribution in [1.29, 1.82) is 0 Å². The Hall–Kier alpha value is -1.02. The second-order valence-corrected chi connectivity index (χ2v) is 3.31. The maximum Gasteiger partial charge on any atom is 0.124 e. The molecule has 2 rings (SSSR count). The summed E-state index contributed by atoms with van der Waals surface area (Å²) < 4.78 is 5.62. The zero-order chi connectivity index (χ0) is 8.55. The molecule has 1 unspecified atom stereocenters. The number of fused-ring (bicyclic) bond motifs is 1. The van der Waals surface area contributed by atoms with Crippen LogP contribution in [0.4, 0.5) is 0 Å². The van der Waals surface area contributed by atoms with E-state index in [9.17, 15) is 0 Å². The fourth-order valence-electron chi connectivity index (χ4n) is 1.64. The molecule has 2 N–H and O–H groups in total. The van der Waals surface area contributed by atoms with Crippen LogP contribution in [0, 0.1) is 0 Å². The molecular formula is C10H13NO. The first kappa shape index (κ1) is 7.62. The Labute approximate surface area is 72.3 Å². The third-order valence-corrected chi connectivity index (χ3v) is 2.23. The van der Waals surface area contributed by atoms with Crippen molar-refractivity contribution in [3.63, 3.8) is 0 Å². The smallest absolute Gasteiger partial charge is 0.124 e. The van der Waals surface area contributed by atoms with Crippen LogP contribution in [0.3, 0.4) is 0 Å². The van der Waals surface area contributed by atoms with Gasteiger partial charge in [-0.15, -0.1) is 0 Å². The Morgan fingerprint density at radius 3 is 3.00 bits per heavy atom. The highest BCUT2D eigenvalue weighted by molar-refractivity contribution is 5.37. The van der Waals surface area contributed by atoms with Crippen LogP contribution >= 0.6 is 0 Å². The Kier molecular flexibility index (Phi) is 1.77. The van der Waals surface area contributed by atoms with Crippen molar-refractivity contribution in [1.82, 2.24) is 0 Å². The summed E-state index contributed by atoms with van der Waals surface area (Å²) in [6.45, 7) is 2.05. The second-order valence-electron chi connectivity index (χ2n) is 3.31. The van der Waals surface area contributed by atoms with Crippen LogP contribution in [0.15, 0.2) is 24.3 Å². The Bertz CT molecular complexity index is 285. The molecule has 0 aromatic heterocycles. The number of ether oxygens (including phenoxy) is 1. The maximum absolute atomic E-state index is 5.96. The van der Waals surface area contributed by atoms with Gasteiger partial charge in [-0.05, 0) is 13.0 Å². The molecule has 0 saturated carbocycles. The molecule has 1 aromatic carbocycles. The van der Waals surface area contributed by atoms with E-state index in [4.69, 9.17) is 10.5 Å². The summed E-state index contributed by atoms with van der Waals surface area (Å²) in [6, 6.07) is 8.13. The summed E-state index contributed by atoms with van der Waals surface area (Å²) in [7, 11) is 0. The normalized spacial score (nSPS) is 27.5. The SMILES string of the molecule is CC1C[C@H](N)c2ccccc2O1. The van der Waals surface area contributed by atoms with E-state index in [2.05, 4.69) is 6.92 Å². The third kappa shape index (κ3) is 1.18. The number of rotatable bonds is 0. The topological polar surface area (TPSA) is 35.2 Å². The number of hydrogen-bond donors (Lipinski definition) is 1. The molecular weight excluding hydrogens is 150 g/mol. The van der Waals surface area contributed by atoms with E-state index >= 15 is 0 Å². The minimum atomic E-state index is 0.143. The molecule has 0 amide bonds. The molecule has 2 atom stereocenters. The summed E-state index contributed by atoms with van der Waals surface area (Å²) in [5.74, 6) is 0.948. The summed E-state index contributed by atoms with van der Waals surface area (Å²) >= 11 is 0. The molecule has 1 aliphatic heterocycles. The van der Waals surface area contributed by atoms with Crippen LogP contribution in [0.2, 0.25) is 0 Å². The van der Waals surface area contributed by atoms with Gasteiger partial charge >= 0.3 is 0 Å². The van der Waals surface area contributed by atoms with Gasteiger partial charge in [0.05, 0.1) is 6.10 Å². The minimum absolute atomic E-state index is 0.143. The van der Waals surface area contributed by atoms with E-state index < -0.39 is 0 Å². The van der Waals surface area contributed by atoms with Crippen molar-refractivity contribution in [2.45, 2.75) is 25.5 Å². The monoisotopic (exact) mass is 163 g/mol. The van der Waals surface area contributed by atoms with Crippen molar-refractivity contribution >= 4 is 0 Å². The number of benzene rings is 1. The summed E-state index contributed by atoms with van der Waals surface area (Å²) in [6.07, 6.45) is 1.16. The van der Waals surface area contributed by atoms with Gasteiger partial charge in [0, 0.05) is 18.0 Å². The Balaban J connectivity index is 2.40. The van der Waals surface area contributed by atoms with E-state index in [1.54, 1.807) is 0 Å². The molecule has 1 aromatic rings. The van der Waals surface area contributed by atoms with Gasteiger partial charge in [0.15, 0.2) is 0 Å². The van der Waals surface area contributed by atoms with Crippen molar-refractivity contribution in [2.75, 3.05) is 0 Å². The van der Waals surface area contributed by atoms with Crippen molar-refractivity contribution < 1.29 is 4.74 Å². The second kappa shape index (κ2) is 2.79. The zero-order valence-electron chi connectivity index (χ0n) is 7.16. The average molecular weight is 163 g/mol. The Morgan fingerprint density at radius 2 is 2.17 bits per heavy atom. The first-order chi connectivity index (χ1) is 5.77. The van der Waals surface area contributed by atoms with Crippen molar-refractivity contribution in [3.8, 4) is 5.75 Å². The van der Waals surface area contributed by atoms with Crippen LogP contribution in [0.5, 0.6) is 5.75 Å². The van der Waals surface area contributed by atoms with Crippen molar-refractivity contribution in [2.24, 2.45) is 5.73 Å². The first-order valence-electron chi connectivity index (χ1n) is 4.28. The zero-order valence-corrected chi connectivity index (χ0v) is 7.16. The Morgan fingerprint density at radius 1 is 1.42 bits per heavy atom. The molecule has 1 heterocycles. The van der Waals surface area contributed by atoms with E-state index in [0.29, 0.717) is 0 Å². The maximum atomic E-state index is 5.96. The first-order valence-corrected chi connectivity index (χ1v) is 4.28. The number of nitrogens with two attached hydrogens (primary N) is 1. The number of hydrogen-bond acceptors (Lipinski definition) is 2. The molecule has 2 nitrogen and oxygen atoms in total. The average Bonchev–Trinajstić information content (AvgIpc) is 2.04. The van der Waals surface area contributed by atoms with Crippen LogP contribution in [-0.2, 0) is 0 Å². The molecule has 2 heteroatoms. The lowest BCUT2D eigenvalue weighted by Gasteiger charge is -2.27. The van der Waals surface area contributed by atoms with Crippen LogP contribution in [0.25, 0.3) is 0 Å². The highest BCUT2D eigenvalue weighted by Crippen LogP contribution is 2.32. The fraction of sp³-hybridized carbons (Fsp3) is 0.400. The van der Waals surface area contributed by atoms with E-state index in [1.807, 2.05) is 24.3 Å². The standard InChI is InChI=1S/C10H13NO/c1-7-6-9(11)8-4-2-3-5-10(8)12-7/h2-5,7,9H,6,11H2,1H3/t7?,9-/m0/s1. The quantitative estimate of drug-likeness (QED) is 0.633. The van der Waals surface area contributed by atoms with Gasteiger partial charge in [0.25, 0.3) is 0 Å². The molecule has 0 bridgehead atoms. The van der Waals surface area contributed by atoms with Gasteiger partial charge in [0.1, 0.15) is 5.75 Å². The molecule has 0 radical (unpaired) electrons. The van der Waals surface area contributed by atoms with Gasteiger partial charge in [-0.25, -0.2) is 0 Å². The molecule has 0 saturated heterocycles. The molecule has 0 fully saturated rings. The lowest BCUT2D eigenvalue weighted by atomic mass is 9.98.